The third kappa shape index (κ3) is 5.20. The van der Waals surface area contributed by atoms with Gasteiger partial charge in [0.05, 0.1) is 23.9 Å². The van der Waals surface area contributed by atoms with Crippen molar-refractivity contribution in [1.82, 2.24) is 4.90 Å². The van der Waals surface area contributed by atoms with Crippen LogP contribution in [0.15, 0.2) is 29.2 Å². The van der Waals surface area contributed by atoms with Crippen molar-refractivity contribution in [2.75, 3.05) is 32.1 Å². The molecule has 24 heavy (non-hydrogen) atoms. The minimum absolute atomic E-state index is 0.00773. The average molecular weight is 354 g/mol. The summed E-state index contributed by atoms with van der Waals surface area (Å²) in [6, 6.07) is 5.88. The molecule has 9 heteroatoms. The molecule has 2 rings (SSSR count). The van der Waals surface area contributed by atoms with Gasteiger partial charge < -0.3 is 14.4 Å². The molecule has 0 aromatic heterocycles. The van der Waals surface area contributed by atoms with Crippen LogP contribution >= 0.6 is 11.8 Å². The predicted molar refractivity (Wildman–Crippen MR) is 86.8 cm³/mol. The molecule has 1 aliphatic heterocycles. The summed E-state index contributed by atoms with van der Waals surface area (Å²) in [5.41, 5.74) is -0.00773. The number of hydrogen-bond acceptors (Lipinski definition) is 7. The third-order valence-corrected chi connectivity index (χ3v) is 4.37. The van der Waals surface area contributed by atoms with Crippen molar-refractivity contribution >= 4 is 29.3 Å². The number of amides is 1. The summed E-state index contributed by atoms with van der Waals surface area (Å²) in [4.78, 5) is 36.4. The standard InChI is InChI=1S/C15H18N2O6S/c1-11(15(19)16-6-8-22-9-7-16)23-14(18)10-24-13-4-2-12(3-5-13)17(20)21/h2-5,11H,6-10H2,1H3. The lowest BCUT2D eigenvalue weighted by atomic mass is 10.3. The largest absolute Gasteiger partial charge is 0.452 e. The molecule has 0 radical (unpaired) electrons. The maximum atomic E-state index is 12.1. The fraction of sp³-hybridized carbons (Fsp3) is 0.467. The number of nitrogens with zero attached hydrogens (tertiary/aromatic N) is 2. The molecular weight excluding hydrogens is 336 g/mol. The zero-order valence-corrected chi connectivity index (χ0v) is 14.0. The molecule has 1 saturated heterocycles. The van der Waals surface area contributed by atoms with Gasteiger partial charge in [-0.15, -0.1) is 11.8 Å². The number of thioether (sulfide) groups is 1. The fourth-order valence-electron chi connectivity index (χ4n) is 2.13. The first-order chi connectivity index (χ1) is 11.5. The van der Waals surface area contributed by atoms with Crippen molar-refractivity contribution in [2.45, 2.75) is 17.9 Å². The van der Waals surface area contributed by atoms with Crippen LogP contribution in [0, 0.1) is 10.1 Å². The Balaban J connectivity index is 1.77. The number of nitro groups is 1. The third-order valence-electron chi connectivity index (χ3n) is 3.38. The maximum absolute atomic E-state index is 12.1. The Labute approximate surface area is 143 Å². The number of morpholine rings is 1. The van der Waals surface area contributed by atoms with Crippen LogP contribution in [-0.2, 0) is 19.1 Å². The molecule has 0 aliphatic carbocycles. The molecule has 1 aromatic carbocycles. The van der Waals surface area contributed by atoms with Crippen molar-refractivity contribution in [3.05, 3.63) is 34.4 Å². The number of hydrogen-bond donors (Lipinski definition) is 0. The van der Waals surface area contributed by atoms with Crippen molar-refractivity contribution < 1.29 is 24.0 Å². The van der Waals surface area contributed by atoms with E-state index in [1.165, 1.54) is 23.9 Å². The summed E-state index contributed by atoms with van der Waals surface area (Å²) in [6.07, 6.45) is -0.840. The molecule has 1 aliphatic rings. The summed E-state index contributed by atoms with van der Waals surface area (Å²) in [7, 11) is 0. The van der Waals surface area contributed by atoms with E-state index in [1.807, 2.05) is 0 Å². The minimum Gasteiger partial charge on any atom is -0.452 e. The molecule has 8 nitrogen and oxygen atoms in total. The highest BCUT2D eigenvalue weighted by atomic mass is 32.2. The first-order valence-corrected chi connectivity index (χ1v) is 8.39. The van der Waals surface area contributed by atoms with Gasteiger partial charge in [0.25, 0.3) is 11.6 Å². The highest BCUT2D eigenvalue weighted by molar-refractivity contribution is 8.00. The summed E-state index contributed by atoms with van der Waals surface area (Å²) in [6.45, 7) is 3.52. The lowest BCUT2D eigenvalue weighted by Gasteiger charge is -2.28. The van der Waals surface area contributed by atoms with E-state index in [0.29, 0.717) is 31.2 Å². The van der Waals surface area contributed by atoms with Crippen molar-refractivity contribution in [3.63, 3.8) is 0 Å². The Bertz CT molecular complexity index is 600. The van der Waals surface area contributed by atoms with Crippen LogP contribution in [0.2, 0.25) is 0 Å². The van der Waals surface area contributed by atoms with Crippen LogP contribution in [0.5, 0.6) is 0 Å². The summed E-state index contributed by atoms with van der Waals surface area (Å²) < 4.78 is 10.3. The number of nitro benzene ring substituents is 1. The monoisotopic (exact) mass is 354 g/mol. The highest BCUT2D eigenvalue weighted by Gasteiger charge is 2.25. The van der Waals surface area contributed by atoms with Crippen LogP contribution < -0.4 is 0 Å². The second-order valence-corrected chi connectivity index (χ2v) is 6.16. The molecule has 1 amide bonds. The quantitative estimate of drug-likeness (QED) is 0.330. The van der Waals surface area contributed by atoms with Crippen molar-refractivity contribution in [1.29, 1.82) is 0 Å². The number of benzene rings is 1. The zero-order valence-electron chi connectivity index (χ0n) is 13.2. The smallest absolute Gasteiger partial charge is 0.317 e. The molecule has 1 atom stereocenters. The zero-order chi connectivity index (χ0) is 17.5. The Kier molecular flexibility index (Phi) is 6.56. The van der Waals surface area contributed by atoms with Gasteiger partial charge in [0, 0.05) is 30.1 Å². The van der Waals surface area contributed by atoms with Gasteiger partial charge in [-0.1, -0.05) is 0 Å². The molecular formula is C15H18N2O6S. The Morgan fingerprint density at radius 2 is 1.96 bits per heavy atom. The topological polar surface area (TPSA) is 99.0 Å². The maximum Gasteiger partial charge on any atom is 0.317 e. The predicted octanol–water partition coefficient (Wildman–Crippen LogP) is 1.48. The van der Waals surface area contributed by atoms with Gasteiger partial charge in [-0.05, 0) is 19.1 Å². The molecule has 130 valence electrons. The summed E-state index contributed by atoms with van der Waals surface area (Å²) >= 11 is 1.20. The van der Waals surface area contributed by atoms with Crippen LogP contribution in [0.3, 0.4) is 0 Å². The summed E-state index contributed by atoms with van der Waals surface area (Å²) in [5, 5.41) is 10.6. The van der Waals surface area contributed by atoms with E-state index in [0.717, 1.165) is 0 Å². The number of carbonyl (C=O) groups excluding carboxylic acids is 2. The Hall–Kier alpha value is -2.13. The molecule has 1 fully saturated rings. The average Bonchev–Trinajstić information content (AvgIpc) is 2.60. The lowest BCUT2D eigenvalue weighted by molar-refractivity contribution is -0.384. The molecule has 0 bridgehead atoms. The van der Waals surface area contributed by atoms with Gasteiger partial charge in [0.15, 0.2) is 6.10 Å². The van der Waals surface area contributed by atoms with Gasteiger partial charge in [-0.2, -0.15) is 0 Å². The van der Waals surface area contributed by atoms with E-state index in [9.17, 15) is 19.7 Å². The molecule has 1 aromatic rings. The van der Waals surface area contributed by atoms with E-state index in [1.54, 1.807) is 24.0 Å². The molecule has 1 heterocycles. The van der Waals surface area contributed by atoms with Gasteiger partial charge in [-0.25, -0.2) is 0 Å². The van der Waals surface area contributed by atoms with E-state index in [2.05, 4.69) is 0 Å². The fourth-order valence-corrected chi connectivity index (χ4v) is 2.81. The molecule has 1 unspecified atom stereocenters. The minimum atomic E-state index is -0.840. The number of non-ortho nitro benzene ring substituents is 1. The number of carbonyl (C=O) groups is 2. The van der Waals surface area contributed by atoms with E-state index < -0.39 is 17.0 Å². The van der Waals surface area contributed by atoms with Crippen LogP contribution in [0.25, 0.3) is 0 Å². The van der Waals surface area contributed by atoms with Gasteiger partial charge in [0.2, 0.25) is 0 Å². The Morgan fingerprint density at radius 1 is 1.33 bits per heavy atom. The molecule has 0 spiro atoms. The Morgan fingerprint density at radius 3 is 2.54 bits per heavy atom. The van der Waals surface area contributed by atoms with Crippen LogP contribution in [-0.4, -0.2) is 59.9 Å². The number of rotatable bonds is 6. The molecule has 0 saturated carbocycles. The van der Waals surface area contributed by atoms with Gasteiger partial charge in [-0.3, -0.25) is 19.7 Å². The van der Waals surface area contributed by atoms with Gasteiger partial charge in [0.1, 0.15) is 0 Å². The SMILES string of the molecule is CC(OC(=O)CSc1ccc([N+](=O)[O-])cc1)C(=O)N1CCOCC1. The van der Waals surface area contributed by atoms with Crippen LogP contribution in [0.1, 0.15) is 6.92 Å². The lowest BCUT2D eigenvalue weighted by Crippen LogP contribution is -2.46. The van der Waals surface area contributed by atoms with Crippen molar-refractivity contribution in [3.8, 4) is 0 Å². The van der Waals surface area contributed by atoms with Crippen molar-refractivity contribution in [2.24, 2.45) is 0 Å². The van der Waals surface area contributed by atoms with E-state index >= 15 is 0 Å². The first-order valence-electron chi connectivity index (χ1n) is 7.40. The van der Waals surface area contributed by atoms with E-state index in [-0.39, 0.29) is 17.3 Å². The number of esters is 1. The van der Waals surface area contributed by atoms with Crippen LogP contribution in [0.4, 0.5) is 5.69 Å². The first kappa shape index (κ1) is 18.2. The van der Waals surface area contributed by atoms with Gasteiger partial charge >= 0.3 is 5.97 Å². The number of ether oxygens (including phenoxy) is 2. The highest BCUT2D eigenvalue weighted by Crippen LogP contribution is 2.21. The normalized spacial score (nSPS) is 15.6. The van der Waals surface area contributed by atoms with E-state index in [4.69, 9.17) is 9.47 Å². The molecule has 0 N–H and O–H groups in total. The second-order valence-electron chi connectivity index (χ2n) is 5.11. The second kappa shape index (κ2) is 8.65. The summed E-state index contributed by atoms with van der Waals surface area (Å²) in [5.74, 6) is -0.710.